The number of aliphatic hydroxyl groups excluding tert-OH is 1. The number of rotatable bonds is 8. The summed E-state index contributed by atoms with van der Waals surface area (Å²) >= 11 is 3.63. The molecule has 3 saturated heterocycles. The highest BCUT2D eigenvalue weighted by Crippen LogP contribution is 2.60. The Kier molecular flexibility index (Phi) is 7.30. The number of aliphatic hydroxyl groups is 1. The van der Waals surface area contributed by atoms with Gasteiger partial charge in [0.05, 0.1) is 37.2 Å². The van der Waals surface area contributed by atoms with E-state index >= 15 is 0 Å². The Bertz CT molecular complexity index is 792. The van der Waals surface area contributed by atoms with Crippen molar-refractivity contribution in [3.8, 4) is 0 Å². The Balaban J connectivity index is 2.04. The highest BCUT2D eigenvalue weighted by molar-refractivity contribution is 9.09. The molecule has 0 aromatic rings. The summed E-state index contributed by atoms with van der Waals surface area (Å²) in [6.07, 6.45) is 1.11. The van der Waals surface area contributed by atoms with Crippen molar-refractivity contribution in [3.63, 3.8) is 0 Å². The van der Waals surface area contributed by atoms with E-state index in [1.54, 1.807) is 6.92 Å². The SMILES string of the molecule is CCOC(=O)[C@@H]1[C@H]2O[C@@]3(CC2Br)[C@H](C(=O)NC(C)(C)CC(C)(C)C)N([C@@H](CC)CO)C(=O)[C@@H]13. The topological polar surface area (TPSA) is 105 Å². The summed E-state index contributed by atoms with van der Waals surface area (Å²) in [4.78, 5) is 41.9. The largest absolute Gasteiger partial charge is 0.466 e. The third-order valence-corrected chi connectivity index (χ3v) is 7.89. The van der Waals surface area contributed by atoms with Gasteiger partial charge >= 0.3 is 5.97 Å². The Morgan fingerprint density at radius 3 is 2.45 bits per heavy atom. The predicted molar refractivity (Wildman–Crippen MR) is 127 cm³/mol. The van der Waals surface area contributed by atoms with Crippen LogP contribution in [-0.4, -0.2) is 75.2 Å². The number of nitrogens with zero attached hydrogens (tertiary/aromatic N) is 1. The quantitative estimate of drug-likeness (QED) is 0.368. The molecule has 3 aliphatic heterocycles. The third-order valence-electron chi connectivity index (χ3n) is 7.04. The number of nitrogens with one attached hydrogen (secondary N) is 1. The fourth-order valence-electron chi connectivity index (χ4n) is 6.45. The standard InChI is InChI=1S/C24H39BrN2O6/c1-8-13(11-28)27-18(19(29)26-23(6,7)12-22(3,4)5)24-10-14(25)17(33-24)15(16(24)20(27)30)21(31)32-9-2/h13-18,28H,8-12H2,1-7H3,(H,26,29)/t13-,14?,15-,16+,17-,18-,24+/m0/s1. The lowest BCUT2D eigenvalue weighted by Gasteiger charge is -2.40. The van der Waals surface area contributed by atoms with E-state index in [-0.39, 0.29) is 35.3 Å². The number of amides is 2. The molecule has 7 atom stereocenters. The lowest BCUT2D eigenvalue weighted by Crippen LogP contribution is -2.61. The molecule has 0 aromatic heterocycles. The molecule has 3 aliphatic rings. The molecule has 33 heavy (non-hydrogen) atoms. The van der Waals surface area contributed by atoms with E-state index in [0.29, 0.717) is 12.8 Å². The second kappa shape index (κ2) is 9.11. The number of fused-ring (bicyclic) bond motifs is 1. The summed E-state index contributed by atoms with van der Waals surface area (Å²) < 4.78 is 11.7. The Morgan fingerprint density at radius 1 is 1.30 bits per heavy atom. The first kappa shape index (κ1) is 26.4. The lowest BCUT2D eigenvalue weighted by atomic mass is 9.70. The molecule has 3 heterocycles. The number of esters is 1. The second-order valence-corrected chi connectivity index (χ2v) is 12.7. The minimum absolute atomic E-state index is 0.0158. The van der Waals surface area contributed by atoms with Crippen molar-refractivity contribution >= 4 is 33.7 Å². The van der Waals surface area contributed by atoms with E-state index in [4.69, 9.17) is 9.47 Å². The van der Waals surface area contributed by atoms with Crippen molar-refractivity contribution in [2.24, 2.45) is 17.3 Å². The first-order valence-corrected chi connectivity index (χ1v) is 12.9. The van der Waals surface area contributed by atoms with Gasteiger partial charge < -0.3 is 24.8 Å². The summed E-state index contributed by atoms with van der Waals surface area (Å²) in [6.45, 7) is 13.8. The second-order valence-electron chi connectivity index (χ2n) is 11.5. The number of hydrogen-bond acceptors (Lipinski definition) is 6. The first-order chi connectivity index (χ1) is 15.2. The van der Waals surface area contributed by atoms with Gasteiger partial charge in [-0.2, -0.15) is 0 Å². The van der Waals surface area contributed by atoms with Gasteiger partial charge in [-0.25, -0.2) is 0 Å². The van der Waals surface area contributed by atoms with Gasteiger partial charge in [0.2, 0.25) is 11.8 Å². The Labute approximate surface area is 205 Å². The fraction of sp³-hybridized carbons (Fsp3) is 0.875. The van der Waals surface area contributed by atoms with Crippen LogP contribution in [-0.2, 0) is 23.9 Å². The van der Waals surface area contributed by atoms with Gasteiger partial charge in [-0.05, 0) is 45.4 Å². The predicted octanol–water partition coefficient (Wildman–Crippen LogP) is 2.40. The van der Waals surface area contributed by atoms with Crippen LogP contribution in [0.3, 0.4) is 0 Å². The van der Waals surface area contributed by atoms with Crippen LogP contribution in [0.25, 0.3) is 0 Å². The molecule has 0 aliphatic carbocycles. The molecular weight excluding hydrogens is 492 g/mol. The zero-order chi connectivity index (χ0) is 24.9. The highest BCUT2D eigenvalue weighted by atomic mass is 79.9. The minimum Gasteiger partial charge on any atom is -0.466 e. The minimum atomic E-state index is -1.14. The summed E-state index contributed by atoms with van der Waals surface area (Å²) in [5.74, 6) is -2.69. The Morgan fingerprint density at radius 2 is 1.94 bits per heavy atom. The summed E-state index contributed by atoms with van der Waals surface area (Å²) in [7, 11) is 0. The van der Waals surface area contributed by atoms with Crippen LogP contribution in [0.5, 0.6) is 0 Å². The number of carbonyl (C=O) groups is 3. The van der Waals surface area contributed by atoms with E-state index in [1.807, 2.05) is 20.8 Å². The van der Waals surface area contributed by atoms with Crippen molar-refractivity contribution in [2.45, 2.75) is 102 Å². The monoisotopic (exact) mass is 530 g/mol. The molecule has 0 saturated carbocycles. The normalized spacial score (nSPS) is 34.4. The van der Waals surface area contributed by atoms with Gasteiger partial charge in [-0.3, -0.25) is 14.4 Å². The number of alkyl halides is 1. The van der Waals surface area contributed by atoms with Gasteiger partial charge in [-0.1, -0.05) is 43.6 Å². The molecule has 2 bridgehead atoms. The molecule has 2 amide bonds. The maximum absolute atomic E-state index is 13.9. The smallest absolute Gasteiger partial charge is 0.312 e. The van der Waals surface area contributed by atoms with E-state index in [0.717, 1.165) is 6.42 Å². The number of carbonyl (C=O) groups excluding carboxylic acids is 3. The van der Waals surface area contributed by atoms with Crippen LogP contribution in [0.4, 0.5) is 0 Å². The molecule has 0 radical (unpaired) electrons. The van der Waals surface area contributed by atoms with Crippen LogP contribution in [0.15, 0.2) is 0 Å². The van der Waals surface area contributed by atoms with E-state index in [1.165, 1.54) is 4.90 Å². The van der Waals surface area contributed by atoms with Gasteiger partial charge in [0.25, 0.3) is 0 Å². The van der Waals surface area contributed by atoms with Crippen LogP contribution >= 0.6 is 15.9 Å². The van der Waals surface area contributed by atoms with E-state index in [9.17, 15) is 19.5 Å². The zero-order valence-corrected chi connectivity index (χ0v) is 22.4. The number of halogens is 1. The molecule has 9 heteroatoms. The van der Waals surface area contributed by atoms with Crippen LogP contribution in [0.2, 0.25) is 0 Å². The van der Waals surface area contributed by atoms with E-state index < -0.39 is 47.1 Å². The van der Waals surface area contributed by atoms with Gasteiger partial charge in [0.1, 0.15) is 11.6 Å². The van der Waals surface area contributed by atoms with Crippen molar-refractivity contribution < 1.29 is 29.0 Å². The van der Waals surface area contributed by atoms with E-state index in [2.05, 4.69) is 42.0 Å². The molecular formula is C24H39BrN2O6. The summed E-state index contributed by atoms with van der Waals surface area (Å²) in [5.41, 5.74) is -1.68. The molecule has 0 aromatic carbocycles. The van der Waals surface area contributed by atoms with Crippen LogP contribution < -0.4 is 5.32 Å². The molecule has 2 N–H and O–H groups in total. The first-order valence-electron chi connectivity index (χ1n) is 12.0. The van der Waals surface area contributed by atoms with Crippen LogP contribution in [0.1, 0.15) is 67.7 Å². The molecule has 1 spiro atoms. The van der Waals surface area contributed by atoms with Gasteiger partial charge in [0, 0.05) is 10.4 Å². The third kappa shape index (κ3) is 4.57. The Hall–Kier alpha value is -1.19. The average Bonchev–Trinajstić information content (AvgIpc) is 3.24. The summed E-state index contributed by atoms with van der Waals surface area (Å²) in [6, 6.07) is -1.48. The molecule has 188 valence electrons. The molecule has 3 fully saturated rings. The van der Waals surface area contributed by atoms with Crippen molar-refractivity contribution in [2.75, 3.05) is 13.2 Å². The van der Waals surface area contributed by atoms with Crippen molar-refractivity contribution in [3.05, 3.63) is 0 Å². The molecule has 1 unspecified atom stereocenters. The zero-order valence-electron chi connectivity index (χ0n) is 20.8. The van der Waals surface area contributed by atoms with Gasteiger partial charge in [-0.15, -0.1) is 0 Å². The van der Waals surface area contributed by atoms with Crippen LogP contribution in [0, 0.1) is 17.3 Å². The average molecular weight is 531 g/mol. The molecule has 8 nitrogen and oxygen atoms in total. The molecule has 3 rings (SSSR count). The fourth-order valence-corrected chi connectivity index (χ4v) is 7.40. The van der Waals surface area contributed by atoms with Crippen molar-refractivity contribution in [1.29, 1.82) is 0 Å². The number of hydrogen-bond donors (Lipinski definition) is 2. The number of likely N-dealkylation sites (tertiary alicyclic amines) is 1. The van der Waals surface area contributed by atoms with Gasteiger partial charge in [0.15, 0.2) is 0 Å². The maximum atomic E-state index is 13.9. The maximum Gasteiger partial charge on any atom is 0.312 e. The van der Waals surface area contributed by atoms with Crippen molar-refractivity contribution in [1.82, 2.24) is 10.2 Å². The number of ether oxygens (including phenoxy) is 2. The lowest BCUT2D eigenvalue weighted by molar-refractivity contribution is -0.155. The highest BCUT2D eigenvalue weighted by Gasteiger charge is 2.77. The summed E-state index contributed by atoms with van der Waals surface area (Å²) in [5, 5.41) is 13.2.